The van der Waals surface area contributed by atoms with Crippen molar-refractivity contribution < 1.29 is 14.7 Å². The Balaban J connectivity index is 2.82. The minimum Gasteiger partial charge on any atom is -0.479 e. The highest BCUT2D eigenvalue weighted by molar-refractivity contribution is 5.83. The SMILES string of the molecule is CCN(C)C(=O)N[C@H](C(=O)O)c1ccccc1. The fourth-order valence-electron chi connectivity index (χ4n) is 1.31. The van der Waals surface area contributed by atoms with Crippen LogP contribution in [0.15, 0.2) is 30.3 Å². The van der Waals surface area contributed by atoms with E-state index in [4.69, 9.17) is 5.11 Å². The highest BCUT2D eigenvalue weighted by Crippen LogP contribution is 2.12. The number of carbonyl (C=O) groups excluding carboxylic acids is 1. The second-order valence-corrected chi connectivity index (χ2v) is 3.65. The summed E-state index contributed by atoms with van der Waals surface area (Å²) < 4.78 is 0. The Morgan fingerprint density at radius 2 is 1.94 bits per heavy atom. The zero-order valence-electron chi connectivity index (χ0n) is 9.88. The zero-order valence-corrected chi connectivity index (χ0v) is 9.88. The van der Waals surface area contributed by atoms with E-state index in [1.165, 1.54) is 4.90 Å². The van der Waals surface area contributed by atoms with Gasteiger partial charge in [0.1, 0.15) is 0 Å². The van der Waals surface area contributed by atoms with Crippen LogP contribution in [-0.2, 0) is 4.79 Å². The van der Waals surface area contributed by atoms with Crippen LogP contribution in [-0.4, -0.2) is 35.6 Å². The molecule has 92 valence electrons. The lowest BCUT2D eigenvalue weighted by Gasteiger charge is -2.20. The molecule has 1 atom stereocenters. The van der Waals surface area contributed by atoms with Gasteiger partial charge in [-0.2, -0.15) is 0 Å². The van der Waals surface area contributed by atoms with Gasteiger partial charge in [0.2, 0.25) is 0 Å². The lowest BCUT2D eigenvalue weighted by molar-refractivity contribution is -0.139. The van der Waals surface area contributed by atoms with Gasteiger partial charge in [0.15, 0.2) is 6.04 Å². The molecule has 1 aromatic rings. The van der Waals surface area contributed by atoms with Gasteiger partial charge < -0.3 is 15.3 Å². The lowest BCUT2D eigenvalue weighted by Crippen LogP contribution is -2.41. The van der Waals surface area contributed by atoms with E-state index in [2.05, 4.69) is 5.32 Å². The maximum absolute atomic E-state index is 11.6. The standard InChI is InChI=1S/C12H16N2O3/c1-3-14(2)12(17)13-10(11(15)16)9-7-5-4-6-8-9/h4-8,10H,3H2,1-2H3,(H,13,17)(H,15,16)/t10-/m0/s1. The molecular formula is C12H16N2O3. The van der Waals surface area contributed by atoms with Crippen LogP contribution in [0.2, 0.25) is 0 Å². The Hall–Kier alpha value is -2.04. The summed E-state index contributed by atoms with van der Waals surface area (Å²) in [7, 11) is 1.61. The van der Waals surface area contributed by atoms with Crippen LogP contribution in [0.4, 0.5) is 4.79 Å². The number of nitrogens with one attached hydrogen (secondary N) is 1. The lowest BCUT2D eigenvalue weighted by atomic mass is 10.1. The summed E-state index contributed by atoms with van der Waals surface area (Å²) >= 11 is 0. The van der Waals surface area contributed by atoms with Gasteiger partial charge in [-0.3, -0.25) is 0 Å². The van der Waals surface area contributed by atoms with E-state index in [1.807, 2.05) is 6.92 Å². The number of hydrogen-bond acceptors (Lipinski definition) is 2. The number of benzene rings is 1. The van der Waals surface area contributed by atoms with Gasteiger partial charge in [0.25, 0.3) is 0 Å². The number of hydrogen-bond donors (Lipinski definition) is 2. The largest absolute Gasteiger partial charge is 0.479 e. The van der Waals surface area contributed by atoms with Crippen LogP contribution in [0, 0.1) is 0 Å². The van der Waals surface area contributed by atoms with E-state index in [1.54, 1.807) is 37.4 Å². The first-order chi connectivity index (χ1) is 8.06. The predicted octanol–water partition coefficient (Wildman–Crippen LogP) is 1.47. The molecule has 0 aliphatic rings. The van der Waals surface area contributed by atoms with Gasteiger partial charge in [0.05, 0.1) is 0 Å². The Morgan fingerprint density at radius 1 is 1.35 bits per heavy atom. The molecule has 17 heavy (non-hydrogen) atoms. The third-order valence-corrected chi connectivity index (χ3v) is 2.47. The molecule has 2 amide bonds. The minimum absolute atomic E-state index is 0.399. The average Bonchev–Trinajstić information content (AvgIpc) is 2.35. The number of rotatable bonds is 4. The first-order valence-electron chi connectivity index (χ1n) is 5.35. The molecule has 0 aliphatic carbocycles. The van der Waals surface area contributed by atoms with Gasteiger partial charge >= 0.3 is 12.0 Å². The summed E-state index contributed by atoms with van der Waals surface area (Å²) in [5.41, 5.74) is 0.554. The van der Waals surface area contributed by atoms with Crippen LogP contribution >= 0.6 is 0 Å². The normalized spacial score (nSPS) is 11.6. The van der Waals surface area contributed by atoms with E-state index < -0.39 is 18.0 Å². The fourth-order valence-corrected chi connectivity index (χ4v) is 1.31. The number of carboxylic acids is 1. The number of aliphatic carboxylic acids is 1. The summed E-state index contributed by atoms with van der Waals surface area (Å²) in [6.45, 7) is 2.34. The summed E-state index contributed by atoms with van der Waals surface area (Å²) in [6.07, 6.45) is 0. The molecule has 1 rings (SSSR count). The monoisotopic (exact) mass is 236 g/mol. The molecule has 0 aliphatic heterocycles. The van der Waals surface area contributed by atoms with E-state index >= 15 is 0 Å². The molecule has 1 aromatic carbocycles. The van der Waals surface area contributed by atoms with Crippen LogP contribution < -0.4 is 5.32 Å². The van der Waals surface area contributed by atoms with Crippen molar-refractivity contribution in [2.45, 2.75) is 13.0 Å². The van der Waals surface area contributed by atoms with Crippen molar-refractivity contribution in [1.82, 2.24) is 10.2 Å². The van der Waals surface area contributed by atoms with E-state index in [0.29, 0.717) is 12.1 Å². The smallest absolute Gasteiger partial charge is 0.330 e. The van der Waals surface area contributed by atoms with Crippen molar-refractivity contribution in [1.29, 1.82) is 0 Å². The Labute approximate surface area is 100 Å². The molecule has 0 radical (unpaired) electrons. The second-order valence-electron chi connectivity index (χ2n) is 3.65. The molecule has 0 bridgehead atoms. The topological polar surface area (TPSA) is 69.6 Å². The van der Waals surface area contributed by atoms with Gasteiger partial charge in [-0.25, -0.2) is 9.59 Å². The number of carboxylic acid groups (broad SMARTS) is 1. The van der Waals surface area contributed by atoms with Crippen LogP contribution in [0.1, 0.15) is 18.5 Å². The van der Waals surface area contributed by atoms with Gasteiger partial charge in [-0.05, 0) is 12.5 Å². The van der Waals surface area contributed by atoms with Crippen molar-refractivity contribution in [3.05, 3.63) is 35.9 Å². The average molecular weight is 236 g/mol. The molecular weight excluding hydrogens is 220 g/mol. The van der Waals surface area contributed by atoms with Crippen LogP contribution in [0.3, 0.4) is 0 Å². The van der Waals surface area contributed by atoms with Crippen LogP contribution in [0.5, 0.6) is 0 Å². The first-order valence-corrected chi connectivity index (χ1v) is 5.35. The molecule has 0 saturated carbocycles. The summed E-state index contributed by atoms with van der Waals surface area (Å²) in [6, 6.07) is 7.20. The van der Waals surface area contributed by atoms with Crippen molar-refractivity contribution in [3.8, 4) is 0 Å². The van der Waals surface area contributed by atoms with Crippen molar-refractivity contribution in [3.63, 3.8) is 0 Å². The van der Waals surface area contributed by atoms with Crippen molar-refractivity contribution in [2.24, 2.45) is 0 Å². The molecule has 5 heteroatoms. The van der Waals surface area contributed by atoms with E-state index in [0.717, 1.165) is 0 Å². The first kappa shape index (κ1) is 13.0. The number of nitrogens with zero attached hydrogens (tertiary/aromatic N) is 1. The Kier molecular flexibility index (Phi) is 4.51. The van der Waals surface area contributed by atoms with Gasteiger partial charge in [0, 0.05) is 13.6 Å². The second kappa shape index (κ2) is 5.89. The Morgan fingerprint density at radius 3 is 2.41 bits per heavy atom. The third kappa shape index (κ3) is 3.48. The molecule has 0 heterocycles. The van der Waals surface area contributed by atoms with Gasteiger partial charge in [-0.1, -0.05) is 30.3 Å². The molecule has 0 fully saturated rings. The zero-order chi connectivity index (χ0) is 12.8. The summed E-state index contributed by atoms with van der Waals surface area (Å²) in [4.78, 5) is 24.1. The maximum atomic E-state index is 11.6. The van der Waals surface area contributed by atoms with Crippen molar-refractivity contribution >= 4 is 12.0 Å². The highest BCUT2D eigenvalue weighted by Gasteiger charge is 2.22. The fraction of sp³-hybridized carbons (Fsp3) is 0.333. The quantitative estimate of drug-likeness (QED) is 0.831. The molecule has 0 unspecified atom stereocenters. The number of amides is 2. The molecule has 0 spiro atoms. The molecule has 5 nitrogen and oxygen atoms in total. The van der Waals surface area contributed by atoms with E-state index in [9.17, 15) is 9.59 Å². The third-order valence-electron chi connectivity index (χ3n) is 2.47. The predicted molar refractivity (Wildman–Crippen MR) is 63.7 cm³/mol. The molecule has 0 saturated heterocycles. The molecule has 2 N–H and O–H groups in total. The van der Waals surface area contributed by atoms with E-state index in [-0.39, 0.29) is 0 Å². The number of urea groups is 1. The number of carbonyl (C=O) groups is 2. The highest BCUT2D eigenvalue weighted by atomic mass is 16.4. The summed E-state index contributed by atoms with van der Waals surface area (Å²) in [5.74, 6) is -1.07. The maximum Gasteiger partial charge on any atom is 0.330 e. The Bertz CT molecular complexity index is 392. The molecule has 0 aromatic heterocycles. The van der Waals surface area contributed by atoms with Gasteiger partial charge in [-0.15, -0.1) is 0 Å². The van der Waals surface area contributed by atoms with Crippen LogP contribution in [0.25, 0.3) is 0 Å². The van der Waals surface area contributed by atoms with Crippen molar-refractivity contribution in [2.75, 3.05) is 13.6 Å². The summed E-state index contributed by atoms with van der Waals surface area (Å²) in [5, 5.41) is 11.6. The minimum atomic E-state index is -1.07.